The van der Waals surface area contributed by atoms with Crippen LogP contribution >= 0.6 is 0 Å². The van der Waals surface area contributed by atoms with E-state index in [4.69, 9.17) is 0 Å². The average Bonchev–Trinajstić information content (AvgIpc) is 2.73. The van der Waals surface area contributed by atoms with Crippen LogP contribution in [0, 0.1) is 5.82 Å². The third-order valence-electron chi connectivity index (χ3n) is 2.67. The molecule has 0 aliphatic carbocycles. The molecule has 3 aromatic rings. The second-order valence-electron chi connectivity index (χ2n) is 3.81. The van der Waals surface area contributed by atoms with Gasteiger partial charge in [-0.05, 0) is 35.7 Å². The number of rotatable bonds is 2. The lowest BCUT2D eigenvalue weighted by Gasteiger charge is -2.03. The standard InChI is InChI=1S/C13H10FN3/c14-11-3-2-10-4-7-17(12(10)8-11)9-13-15-5-1-6-16-13/h1-8H,9H2. The van der Waals surface area contributed by atoms with E-state index in [-0.39, 0.29) is 5.82 Å². The van der Waals surface area contributed by atoms with Gasteiger partial charge in [-0.25, -0.2) is 14.4 Å². The summed E-state index contributed by atoms with van der Waals surface area (Å²) < 4.78 is 15.1. The summed E-state index contributed by atoms with van der Waals surface area (Å²) in [7, 11) is 0. The SMILES string of the molecule is Fc1ccc2ccn(Cc3ncccn3)c2c1. The summed E-state index contributed by atoms with van der Waals surface area (Å²) in [4.78, 5) is 8.31. The summed E-state index contributed by atoms with van der Waals surface area (Å²) in [6.45, 7) is 0.549. The molecule has 0 fully saturated rings. The normalized spacial score (nSPS) is 10.9. The average molecular weight is 227 g/mol. The molecule has 0 saturated carbocycles. The third kappa shape index (κ3) is 1.89. The molecule has 3 nitrogen and oxygen atoms in total. The van der Waals surface area contributed by atoms with Gasteiger partial charge in [0.25, 0.3) is 0 Å². The highest BCUT2D eigenvalue weighted by Crippen LogP contribution is 2.17. The van der Waals surface area contributed by atoms with Gasteiger partial charge in [-0.3, -0.25) is 0 Å². The topological polar surface area (TPSA) is 30.7 Å². The molecule has 0 bridgehead atoms. The molecule has 0 atom stereocenters. The minimum Gasteiger partial charge on any atom is -0.340 e. The number of nitrogens with zero attached hydrogens (tertiary/aromatic N) is 3. The zero-order chi connectivity index (χ0) is 11.7. The Bertz CT molecular complexity index is 646. The van der Waals surface area contributed by atoms with Crippen LogP contribution in [0.3, 0.4) is 0 Å². The maximum atomic E-state index is 13.2. The van der Waals surface area contributed by atoms with Crippen molar-refractivity contribution in [3.63, 3.8) is 0 Å². The first kappa shape index (κ1) is 9.96. The third-order valence-corrected chi connectivity index (χ3v) is 2.67. The molecule has 0 N–H and O–H groups in total. The molecule has 3 rings (SSSR count). The van der Waals surface area contributed by atoms with Gasteiger partial charge in [0.1, 0.15) is 11.6 Å². The lowest BCUT2D eigenvalue weighted by molar-refractivity contribution is 0.628. The van der Waals surface area contributed by atoms with E-state index in [0.717, 1.165) is 10.9 Å². The molecule has 2 aromatic heterocycles. The summed E-state index contributed by atoms with van der Waals surface area (Å²) in [6, 6.07) is 8.49. The molecule has 4 heteroatoms. The van der Waals surface area contributed by atoms with Crippen LogP contribution in [0.2, 0.25) is 0 Å². The highest BCUT2D eigenvalue weighted by molar-refractivity contribution is 5.80. The van der Waals surface area contributed by atoms with Crippen molar-refractivity contribution >= 4 is 10.9 Å². The number of hydrogen-bond acceptors (Lipinski definition) is 2. The van der Waals surface area contributed by atoms with Gasteiger partial charge < -0.3 is 4.57 Å². The Morgan fingerprint density at radius 3 is 2.76 bits per heavy atom. The molecule has 0 amide bonds. The zero-order valence-corrected chi connectivity index (χ0v) is 9.05. The maximum absolute atomic E-state index is 13.2. The Kier molecular flexibility index (Phi) is 2.33. The van der Waals surface area contributed by atoms with E-state index in [1.807, 2.05) is 16.8 Å². The Hall–Kier alpha value is -2.23. The molecule has 2 heterocycles. The molecule has 0 spiro atoms. The second-order valence-corrected chi connectivity index (χ2v) is 3.81. The number of benzene rings is 1. The lowest BCUT2D eigenvalue weighted by Crippen LogP contribution is -2.02. The van der Waals surface area contributed by atoms with Gasteiger partial charge >= 0.3 is 0 Å². The number of fused-ring (bicyclic) bond motifs is 1. The van der Waals surface area contributed by atoms with Crippen LogP contribution in [-0.4, -0.2) is 14.5 Å². The lowest BCUT2D eigenvalue weighted by atomic mass is 10.2. The largest absolute Gasteiger partial charge is 0.340 e. The molecule has 84 valence electrons. The quantitative estimate of drug-likeness (QED) is 0.673. The summed E-state index contributed by atoms with van der Waals surface area (Å²) in [6.07, 6.45) is 5.32. The van der Waals surface area contributed by atoms with Crippen LogP contribution in [0.4, 0.5) is 4.39 Å². The maximum Gasteiger partial charge on any atom is 0.147 e. The van der Waals surface area contributed by atoms with E-state index in [0.29, 0.717) is 12.4 Å². The molecule has 0 radical (unpaired) electrons. The summed E-state index contributed by atoms with van der Waals surface area (Å²) >= 11 is 0. The monoisotopic (exact) mass is 227 g/mol. The molecule has 1 aromatic carbocycles. The summed E-state index contributed by atoms with van der Waals surface area (Å²) in [5.41, 5.74) is 0.859. The minimum atomic E-state index is -0.230. The van der Waals surface area contributed by atoms with Crippen molar-refractivity contribution < 1.29 is 4.39 Å². The van der Waals surface area contributed by atoms with E-state index in [9.17, 15) is 4.39 Å². The summed E-state index contributed by atoms with van der Waals surface area (Å²) in [5.74, 6) is 0.487. The van der Waals surface area contributed by atoms with Crippen molar-refractivity contribution in [2.45, 2.75) is 6.54 Å². The van der Waals surface area contributed by atoms with E-state index < -0.39 is 0 Å². The van der Waals surface area contributed by atoms with Gasteiger partial charge in [-0.2, -0.15) is 0 Å². The fraction of sp³-hybridized carbons (Fsp3) is 0.0769. The fourth-order valence-corrected chi connectivity index (χ4v) is 1.86. The number of hydrogen-bond donors (Lipinski definition) is 0. The van der Waals surface area contributed by atoms with Crippen LogP contribution in [0.25, 0.3) is 10.9 Å². The first-order chi connectivity index (χ1) is 8.33. The van der Waals surface area contributed by atoms with Crippen LogP contribution in [0.1, 0.15) is 5.82 Å². The molecule has 0 saturated heterocycles. The molecule has 0 aliphatic heterocycles. The predicted molar refractivity (Wildman–Crippen MR) is 63.0 cm³/mol. The molecule has 0 unspecified atom stereocenters. The Morgan fingerprint density at radius 2 is 1.94 bits per heavy atom. The minimum absolute atomic E-state index is 0.230. The van der Waals surface area contributed by atoms with Gasteiger partial charge in [0.2, 0.25) is 0 Å². The summed E-state index contributed by atoms with van der Waals surface area (Å²) in [5, 5.41) is 1.02. The molecule has 0 aliphatic rings. The predicted octanol–water partition coefficient (Wildman–Crippen LogP) is 2.62. The van der Waals surface area contributed by atoms with E-state index >= 15 is 0 Å². The van der Waals surface area contributed by atoms with Gasteiger partial charge in [-0.15, -0.1) is 0 Å². The van der Waals surface area contributed by atoms with E-state index in [1.165, 1.54) is 12.1 Å². The molecular formula is C13H10FN3. The zero-order valence-electron chi connectivity index (χ0n) is 9.05. The molecule has 17 heavy (non-hydrogen) atoms. The second kappa shape index (κ2) is 3.97. The highest BCUT2D eigenvalue weighted by Gasteiger charge is 2.04. The van der Waals surface area contributed by atoms with Crippen molar-refractivity contribution in [2.24, 2.45) is 0 Å². The smallest absolute Gasteiger partial charge is 0.147 e. The van der Waals surface area contributed by atoms with E-state index in [2.05, 4.69) is 9.97 Å². The van der Waals surface area contributed by atoms with Crippen LogP contribution in [0.5, 0.6) is 0 Å². The van der Waals surface area contributed by atoms with Crippen molar-refractivity contribution in [3.05, 3.63) is 60.6 Å². The Balaban J connectivity index is 2.03. The van der Waals surface area contributed by atoms with Gasteiger partial charge in [0.15, 0.2) is 0 Å². The molecular weight excluding hydrogens is 217 g/mol. The Morgan fingerprint density at radius 1 is 1.12 bits per heavy atom. The van der Waals surface area contributed by atoms with E-state index in [1.54, 1.807) is 24.5 Å². The van der Waals surface area contributed by atoms with Crippen molar-refractivity contribution in [2.75, 3.05) is 0 Å². The van der Waals surface area contributed by atoms with Crippen LogP contribution in [0.15, 0.2) is 48.9 Å². The highest BCUT2D eigenvalue weighted by atomic mass is 19.1. The Labute approximate surface area is 97.6 Å². The first-order valence-corrected chi connectivity index (χ1v) is 5.33. The first-order valence-electron chi connectivity index (χ1n) is 5.33. The van der Waals surface area contributed by atoms with Crippen molar-refractivity contribution in [3.8, 4) is 0 Å². The number of halogens is 1. The van der Waals surface area contributed by atoms with Crippen molar-refractivity contribution in [1.82, 2.24) is 14.5 Å². The van der Waals surface area contributed by atoms with Gasteiger partial charge in [0.05, 0.1) is 12.1 Å². The van der Waals surface area contributed by atoms with Gasteiger partial charge in [0, 0.05) is 18.6 Å². The van der Waals surface area contributed by atoms with Crippen LogP contribution < -0.4 is 0 Å². The van der Waals surface area contributed by atoms with Crippen molar-refractivity contribution in [1.29, 1.82) is 0 Å². The van der Waals surface area contributed by atoms with Gasteiger partial charge in [-0.1, -0.05) is 0 Å². The van der Waals surface area contributed by atoms with Crippen LogP contribution in [-0.2, 0) is 6.54 Å². The number of aromatic nitrogens is 3. The fourth-order valence-electron chi connectivity index (χ4n) is 1.86.